The van der Waals surface area contributed by atoms with Crippen molar-refractivity contribution in [1.29, 1.82) is 0 Å². The van der Waals surface area contributed by atoms with Crippen LogP contribution in [0.15, 0.2) is 60.2 Å². The summed E-state index contributed by atoms with van der Waals surface area (Å²) < 4.78 is 0. The van der Waals surface area contributed by atoms with Gasteiger partial charge in [0.25, 0.3) is 0 Å². The predicted octanol–water partition coefficient (Wildman–Crippen LogP) is 6.26. The van der Waals surface area contributed by atoms with Crippen LogP contribution in [0.5, 0.6) is 0 Å². The van der Waals surface area contributed by atoms with Crippen LogP contribution in [0.25, 0.3) is 33.5 Å². The second-order valence-electron chi connectivity index (χ2n) is 9.91. The summed E-state index contributed by atoms with van der Waals surface area (Å²) in [7, 11) is -1.78. The smallest absolute Gasteiger partial charge is 0.0836 e. The highest BCUT2D eigenvalue weighted by Gasteiger charge is 2.42. The first-order chi connectivity index (χ1) is 14.7. The molecule has 30 heavy (non-hydrogen) atoms. The normalized spacial score (nSPS) is 19.5. The average Bonchev–Trinajstić information content (AvgIpc) is 3.27. The molecule has 0 bridgehead atoms. The topological polar surface area (TPSA) is 0 Å². The highest BCUT2D eigenvalue weighted by molar-refractivity contribution is 7.05. The average molecular weight is 403 g/mol. The van der Waals surface area contributed by atoms with Gasteiger partial charge < -0.3 is 0 Å². The van der Waals surface area contributed by atoms with Gasteiger partial charge in [0, 0.05) is 0 Å². The van der Waals surface area contributed by atoms with E-state index in [9.17, 15) is 0 Å². The van der Waals surface area contributed by atoms with Crippen LogP contribution in [0.4, 0.5) is 0 Å². The van der Waals surface area contributed by atoms with Crippen LogP contribution in [-0.2, 0) is 12.8 Å². The number of benzene rings is 3. The maximum Gasteiger partial charge on any atom is 0.114 e. The van der Waals surface area contributed by atoms with Gasteiger partial charge in [0.15, 0.2) is 0 Å². The van der Waals surface area contributed by atoms with E-state index in [0.717, 1.165) is 12.8 Å². The minimum Gasteiger partial charge on any atom is -0.0836 e. The van der Waals surface area contributed by atoms with Crippen molar-refractivity contribution in [3.8, 4) is 11.1 Å². The zero-order valence-corrected chi connectivity index (χ0v) is 18.8. The van der Waals surface area contributed by atoms with Crippen molar-refractivity contribution < 1.29 is 0 Å². The van der Waals surface area contributed by atoms with Crippen molar-refractivity contribution in [2.24, 2.45) is 0 Å². The van der Waals surface area contributed by atoms with Gasteiger partial charge in [-0.15, -0.1) is 0 Å². The number of fused-ring (bicyclic) bond motifs is 11. The molecule has 0 nitrogen and oxygen atoms in total. The van der Waals surface area contributed by atoms with Gasteiger partial charge in [0.2, 0.25) is 0 Å². The Morgan fingerprint density at radius 3 is 2.60 bits per heavy atom. The molecule has 0 unspecified atom stereocenters. The quantitative estimate of drug-likeness (QED) is 0.389. The predicted molar refractivity (Wildman–Crippen MR) is 132 cm³/mol. The van der Waals surface area contributed by atoms with Gasteiger partial charge in [-0.2, -0.15) is 0 Å². The Balaban J connectivity index is 1.72. The summed E-state index contributed by atoms with van der Waals surface area (Å²) in [6.07, 6.45) is 15.6. The highest BCUT2D eigenvalue weighted by Crippen LogP contribution is 2.47. The van der Waals surface area contributed by atoms with E-state index >= 15 is 0 Å². The maximum atomic E-state index is 2.59. The molecule has 0 radical (unpaired) electrons. The molecule has 0 spiro atoms. The van der Waals surface area contributed by atoms with E-state index in [0.29, 0.717) is 0 Å². The molecule has 3 aliphatic carbocycles. The number of rotatable bonds is 0. The fourth-order valence-corrected chi connectivity index (χ4v) is 10.2. The third-order valence-corrected chi connectivity index (χ3v) is 11.5. The molecule has 4 aliphatic rings. The largest absolute Gasteiger partial charge is 0.114 e. The van der Waals surface area contributed by atoms with E-state index in [4.69, 9.17) is 0 Å². The highest BCUT2D eigenvalue weighted by atomic mass is 28.3. The summed E-state index contributed by atoms with van der Waals surface area (Å²) in [5.41, 5.74) is 12.6. The molecule has 1 aliphatic heterocycles. The van der Waals surface area contributed by atoms with E-state index in [2.05, 4.69) is 73.8 Å². The summed E-state index contributed by atoms with van der Waals surface area (Å²) in [4.78, 5) is 0. The fourth-order valence-electron chi connectivity index (χ4n) is 6.72. The van der Waals surface area contributed by atoms with Gasteiger partial charge in [-0.1, -0.05) is 79.4 Å². The maximum absolute atomic E-state index is 2.59. The van der Waals surface area contributed by atoms with E-state index in [1.165, 1.54) is 35.8 Å². The SMILES string of the molecule is C[Si]1(C)c2ccccc2-c2c3c(c4ccc5c(c4c21)C1=C(CCC=C1)C5)C=CCC3. The lowest BCUT2D eigenvalue weighted by Crippen LogP contribution is -2.49. The molecule has 1 heterocycles. The first-order valence-electron chi connectivity index (χ1n) is 11.5. The van der Waals surface area contributed by atoms with Crippen LogP contribution >= 0.6 is 0 Å². The van der Waals surface area contributed by atoms with Crippen molar-refractivity contribution in [1.82, 2.24) is 0 Å². The van der Waals surface area contributed by atoms with Crippen LogP contribution < -0.4 is 10.4 Å². The van der Waals surface area contributed by atoms with E-state index in [-0.39, 0.29) is 0 Å². The second-order valence-corrected chi connectivity index (χ2v) is 14.2. The van der Waals surface area contributed by atoms with Crippen molar-refractivity contribution >= 4 is 40.9 Å². The van der Waals surface area contributed by atoms with Crippen LogP contribution in [0.3, 0.4) is 0 Å². The third-order valence-electron chi connectivity index (χ3n) is 8.00. The molecule has 3 aromatic rings. The zero-order chi connectivity index (χ0) is 20.0. The summed E-state index contributed by atoms with van der Waals surface area (Å²) in [5.74, 6) is 0. The van der Waals surface area contributed by atoms with Gasteiger partial charge in [-0.05, 0) is 92.2 Å². The second kappa shape index (κ2) is 5.74. The lowest BCUT2D eigenvalue weighted by Gasteiger charge is -2.26. The Kier molecular flexibility index (Phi) is 3.27. The summed E-state index contributed by atoms with van der Waals surface area (Å²) >= 11 is 0. The Morgan fingerprint density at radius 2 is 1.67 bits per heavy atom. The van der Waals surface area contributed by atoms with Gasteiger partial charge in [0.1, 0.15) is 8.07 Å². The van der Waals surface area contributed by atoms with Crippen LogP contribution in [-0.4, -0.2) is 8.07 Å². The standard InChI is InChI=1S/C29H26Si/c1-30(2)25-14-8-7-13-24(25)27-22-12-6-5-11-21(22)23-16-15-19-17-18-9-3-4-10-20(18)26(19)28(23)29(27)30/h4-5,7-8,10-11,13-16H,3,6,9,12,17H2,1-2H3. The van der Waals surface area contributed by atoms with Crippen molar-refractivity contribution in [2.45, 2.75) is 45.2 Å². The molecule has 7 rings (SSSR count). The molecule has 146 valence electrons. The van der Waals surface area contributed by atoms with Gasteiger partial charge >= 0.3 is 0 Å². The third kappa shape index (κ3) is 1.97. The first-order valence-corrected chi connectivity index (χ1v) is 14.5. The van der Waals surface area contributed by atoms with Crippen LogP contribution in [0.2, 0.25) is 13.1 Å². The summed E-state index contributed by atoms with van der Waals surface area (Å²) in [6, 6.07) is 14.2. The minimum absolute atomic E-state index is 1.15. The van der Waals surface area contributed by atoms with Crippen molar-refractivity contribution in [2.75, 3.05) is 0 Å². The van der Waals surface area contributed by atoms with Crippen LogP contribution in [0, 0.1) is 0 Å². The number of hydrogen-bond acceptors (Lipinski definition) is 0. The summed E-state index contributed by atoms with van der Waals surface area (Å²) in [5, 5.41) is 6.45. The van der Waals surface area contributed by atoms with Crippen LogP contribution in [0.1, 0.15) is 41.5 Å². The monoisotopic (exact) mass is 402 g/mol. The molecular weight excluding hydrogens is 376 g/mol. The fraction of sp³-hybridized carbons (Fsp3) is 0.241. The molecule has 0 amide bonds. The zero-order valence-electron chi connectivity index (χ0n) is 17.8. The van der Waals surface area contributed by atoms with Gasteiger partial charge in [-0.3, -0.25) is 0 Å². The molecule has 3 aromatic carbocycles. The summed E-state index contributed by atoms with van der Waals surface area (Å²) in [6.45, 7) is 5.17. The molecule has 0 saturated heterocycles. The molecule has 0 aromatic heterocycles. The Morgan fingerprint density at radius 1 is 0.833 bits per heavy atom. The Bertz CT molecular complexity index is 1380. The number of allylic oxidation sites excluding steroid dienone is 5. The lowest BCUT2D eigenvalue weighted by atomic mass is 9.83. The van der Waals surface area contributed by atoms with Crippen molar-refractivity contribution in [3.05, 3.63) is 82.5 Å². The van der Waals surface area contributed by atoms with Crippen molar-refractivity contribution in [3.63, 3.8) is 0 Å². The van der Waals surface area contributed by atoms with E-state index < -0.39 is 8.07 Å². The molecule has 0 fully saturated rings. The van der Waals surface area contributed by atoms with E-state index in [1.807, 2.05) is 0 Å². The first kappa shape index (κ1) is 17.1. The molecule has 0 atom stereocenters. The molecular formula is C29H26Si. The number of hydrogen-bond donors (Lipinski definition) is 0. The Labute approximate surface area is 179 Å². The Hall–Kier alpha value is -2.64. The molecule has 1 heteroatoms. The minimum atomic E-state index is -1.78. The lowest BCUT2D eigenvalue weighted by molar-refractivity contribution is 0.935. The molecule has 0 saturated carbocycles. The van der Waals surface area contributed by atoms with Gasteiger partial charge in [0.05, 0.1) is 0 Å². The van der Waals surface area contributed by atoms with E-state index in [1.54, 1.807) is 49.2 Å². The van der Waals surface area contributed by atoms with Gasteiger partial charge in [-0.25, -0.2) is 0 Å². The molecule has 0 N–H and O–H groups in total.